The van der Waals surface area contributed by atoms with Gasteiger partial charge < -0.3 is 32.8 Å². The highest BCUT2D eigenvalue weighted by Gasteiger charge is 2.17. The molecule has 0 saturated heterocycles. The van der Waals surface area contributed by atoms with Crippen molar-refractivity contribution in [1.29, 1.82) is 0 Å². The lowest BCUT2D eigenvalue weighted by molar-refractivity contribution is -0.146. The zero-order chi connectivity index (χ0) is 26.8. The molecule has 1 heterocycles. The van der Waals surface area contributed by atoms with Gasteiger partial charge in [-0.3, -0.25) is 4.79 Å². The lowest BCUT2D eigenvalue weighted by Crippen LogP contribution is -2.15. The third kappa shape index (κ3) is 7.03. The average Bonchev–Trinajstić information content (AvgIpc) is 2.89. The van der Waals surface area contributed by atoms with E-state index in [1.54, 1.807) is 44.2 Å². The Labute approximate surface area is 213 Å². The number of fused-ring (bicyclic) bond motifs is 1. The van der Waals surface area contributed by atoms with Gasteiger partial charge in [-0.1, -0.05) is 12.7 Å². The van der Waals surface area contributed by atoms with Gasteiger partial charge in [-0.15, -0.1) is 0 Å². The second-order valence-corrected chi connectivity index (χ2v) is 7.42. The van der Waals surface area contributed by atoms with Crippen LogP contribution in [0.4, 0.5) is 0 Å². The van der Waals surface area contributed by atoms with Crippen LogP contribution >= 0.6 is 0 Å². The van der Waals surface area contributed by atoms with E-state index in [-0.39, 0.29) is 54.7 Å². The first-order valence-corrected chi connectivity index (χ1v) is 11.5. The predicted molar refractivity (Wildman–Crippen MR) is 134 cm³/mol. The highest BCUT2D eigenvalue weighted by atomic mass is 16.6. The first-order valence-electron chi connectivity index (χ1n) is 11.5. The van der Waals surface area contributed by atoms with Crippen LogP contribution in [-0.2, 0) is 19.1 Å². The van der Waals surface area contributed by atoms with Gasteiger partial charge in [-0.2, -0.15) is 0 Å². The molecule has 0 bridgehead atoms. The maximum atomic E-state index is 13.2. The first kappa shape index (κ1) is 27.1. The summed E-state index contributed by atoms with van der Waals surface area (Å²) < 4.78 is 37.9. The van der Waals surface area contributed by atoms with Crippen molar-refractivity contribution >= 4 is 22.9 Å². The molecule has 0 unspecified atom stereocenters. The number of methoxy groups -OCH3 is 1. The average molecular weight is 513 g/mol. The molecule has 0 amide bonds. The summed E-state index contributed by atoms with van der Waals surface area (Å²) in [4.78, 5) is 36.7. The van der Waals surface area contributed by atoms with Gasteiger partial charge in [0, 0.05) is 23.8 Å². The first-order chi connectivity index (χ1) is 17.9. The number of benzene rings is 2. The molecule has 1 aromatic heterocycles. The number of hydrogen-bond donors (Lipinski definition) is 0. The highest BCUT2D eigenvalue weighted by Crippen LogP contribution is 2.35. The molecule has 10 heteroatoms. The van der Waals surface area contributed by atoms with E-state index >= 15 is 0 Å². The van der Waals surface area contributed by atoms with E-state index in [4.69, 9.17) is 32.8 Å². The SMILES string of the molecule is C=CCOc1cc(OCC(=O)OCC)c2c(=O)cc(-c3ccc(OC)c(OCC(=O)OCC)c3)oc2c1. The lowest BCUT2D eigenvalue weighted by atomic mass is 10.1. The van der Waals surface area contributed by atoms with Crippen molar-refractivity contribution in [3.63, 3.8) is 0 Å². The largest absolute Gasteiger partial charge is 0.493 e. The Morgan fingerprint density at radius 1 is 0.892 bits per heavy atom. The maximum Gasteiger partial charge on any atom is 0.344 e. The molecule has 0 fully saturated rings. The van der Waals surface area contributed by atoms with Crippen molar-refractivity contribution in [3.05, 3.63) is 59.3 Å². The fourth-order valence-electron chi connectivity index (χ4n) is 3.34. The van der Waals surface area contributed by atoms with Crippen LogP contribution in [0.3, 0.4) is 0 Å². The molecular weight excluding hydrogens is 484 g/mol. The Kier molecular flexibility index (Phi) is 9.54. The maximum absolute atomic E-state index is 13.2. The van der Waals surface area contributed by atoms with E-state index in [2.05, 4.69) is 6.58 Å². The van der Waals surface area contributed by atoms with E-state index < -0.39 is 24.0 Å². The molecule has 196 valence electrons. The molecule has 10 nitrogen and oxygen atoms in total. The van der Waals surface area contributed by atoms with E-state index in [0.29, 0.717) is 17.1 Å². The molecule has 0 aliphatic rings. The summed E-state index contributed by atoms with van der Waals surface area (Å²) in [6, 6.07) is 9.21. The van der Waals surface area contributed by atoms with Crippen LogP contribution in [0.1, 0.15) is 13.8 Å². The van der Waals surface area contributed by atoms with E-state index in [1.807, 2.05) is 0 Å². The van der Waals surface area contributed by atoms with Crippen molar-refractivity contribution in [2.75, 3.05) is 40.1 Å². The Morgan fingerprint density at radius 2 is 1.57 bits per heavy atom. The standard InChI is InChI=1S/C27H28O10/c1-5-10-34-18-12-23(36-16-26(30)33-7-3)27-19(28)14-21(37-24(27)13-18)17-8-9-20(31-4)22(11-17)35-15-25(29)32-6-2/h5,8-9,11-14H,1,6-7,10,15-16H2,2-4H3. The van der Waals surface area contributed by atoms with E-state index in [1.165, 1.54) is 19.2 Å². The summed E-state index contributed by atoms with van der Waals surface area (Å²) in [5, 5.41) is 0.131. The molecular formula is C27H28O10. The summed E-state index contributed by atoms with van der Waals surface area (Å²) in [5.74, 6) is 0.205. The van der Waals surface area contributed by atoms with Crippen molar-refractivity contribution in [1.82, 2.24) is 0 Å². The summed E-state index contributed by atoms with van der Waals surface area (Å²) >= 11 is 0. The van der Waals surface area contributed by atoms with Gasteiger partial charge in [0.25, 0.3) is 0 Å². The van der Waals surface area contributed by atoms with Crippen LogP contribution < -0.4 is 24.4 Å². The Bertz CT molecular complexity index is 1320. The van der Waals surface area contributed by atoms with Crippen molar-refractivity contribution in [3.8, 4) is 34.3 Å². The molecule has 3 aromatic rings. The number of carbonyl (C=O) groups excluding carboxylic acids is 2. The summed E-state index contributed by atoms with van der Waals surface area (Å²) in [7, 11) is 1.46. The molecule has 37 heavy (non-hydrogen) atoms. The van der Waals surface area contributed by atoms with Crippen LogP contribution in [0.25, 0.3) is 22.3 Å². The quantitative estimate of drug-likeness (QED) is 0.246. The van der Waals surface area contributed by atoms with Gasteiger partial charge in [0.2, 0.25) is 0 Å². The monoisotopic (exact) mass is 512 g/mol. The third-order valence-corrected chi connectivity index (χ3v) is 4.89. The van der Waals surface area contributed by atoms with Crippen LogP contribution in [-0.4, -0.2) is 52.1 Å². The van der Waals surface area contributed by atoms with Gasteiger partial charge in [-0.25, -0.2) is 9.59 Å². The molecule has 0 aliphatic heterocycles. The van der Waals surface area contributed by atoms with Crippen LogP contribution in [0.2, 0.25) is 0 Å². The highest BCUT2D eigenvalue weighted by molar-refractivity contribution is 5.87. The minimum absolute atomic E-state index is 0.109. The van der Waals surface area contributed by atoms with Crippen LogP contribution in [0, 0.1) is 0 Å². The fraction of sp³-hybridized carbons (Fsp3) is 0.296. The van der Waals surface area contributed by atoms with E-state index in [9.17, 15) is 14.4 Å². The zero-order valence-corrected chi connectivity index (χ0v) is 20.9. The smallest absolute Gasteiger partial charge is 0.344 e. The minimum atomic E-state index is -0.581. The Hall–Kier alpha value is -4.47. The van der Waals surface area contributed by atoms with Gasteiger partial charge in [-0.05, 0) is 32.0 Å². The fourth-order valence-corrected chi connectivity index (χ4v) is 3.34. The lowest BCUT2D eigenvalue weighted by Gasteiger charge is -2.13. The molecule has 3 rings (SSSR count). The Morgan fingerprint density at radius 3 is 2.19 bits per heavy atom. The molecule has 0 atom stereocenters. The van der Waals surface area contributed by atoms with E-state index in [0.717, 1.165) is 0 Å². The second-order valence-electron chi connectivity index (χ2n) is 7.42. The topological polar surface area (TPSA) is 120 Å². The summed E-state index contributed by atoms with van der Waals surface area (Å²) in [6.07, 6.45) is 1.56. The molecule has 2 aromatic carbocycles. The molecule has 0 spiro atoms. The van der Waals surface area contributed by atoms with Crippen LogP contribution in [0.15, 0.2) is 58.3 Å². The number of carbonyl (C=O) groups is 2. The predicted octanol–water partition coefficient (Wildman–Crippen LogP) is 3.92. The van der Waals surface area contributed by atoms with Gasteiger partial charge in [0.05, 0.1) is 20.3 Å². The van der Waals surface area contributed by atoms with Crippen molar-refractivity contribution < 1.29 is 42.4 Å². The molecule has 0 saturated carbocycles. The molecule has 0 N–H and O–H groups in total. The molecule has 0 radical (unpaired) electrons. The number of rotatable bonds is 13. The number of ether oxygens (including phenoxy) is 6. The number of esters is 2. The molecule has 0 aliphatic carbocycles. The summed E-state index contributed by atoms with van der Waals surface area (Å²) in [6.45, 7) is 6.92. The van der Waals surface area contributed by atoms with Crippen molar-refractivity contribution in [2.45, 2.75) is 13.8 Å². The van der Waals surface area contributed by atoms with Gasteiger partial charge in [0.1, 0.15) is 34.8 Å². The number of hydrogen-bond acceptors (Lipinski definition) is 10. The minimum Gasteiger partial charge on any atom is -0.493 e. The zero-order valence-electron chi connectivity index (χ0n) is 20.9. The van der Waals surface area contributed by atoms with Crippen LogP contribution in [0.5, 0.6) is 23.0 Å². The van der Waals surface area contributed by atoms with Gasteiger partial charge in [0.15, 0.2) is 30.1 Å². The second kappa shape index (κ2) is 13.0. The normalized spacial score (nSPS) is 10.5. The van der Waals surface area contributed by atoms with Crippen molar-refractivity contribution in [2.24, 2.45) is 0 Å². The van der Waals surface area contributed by atoms with Gasteiger partial charge >= 0.3 is 11.9 Å². The summed E-state index contributed by atoms with van der Waals surface area (Å²) in [5.41, 5.74) is 0.257. The Balaban J connectivity index is 2.03. The third-order valence-electron chi connectivity index (χ3n) is 4.89.